The van der Waals surface area contributed by atoms with Crippen molar-refractivity contribution in [1.82, 2.24) is 0 Å². The molecule has 0 unspecified atom stereocenters. The Morgan fingerprint density at radius 3 is 2.31 bits per heavy atom. The molecule has 1 N–H and O–H groups in total. The van der Waals surface area contributed by atoms with E-state index in [1.165, 1.54) is 58.6 Å². The fraction of sp³-hybridized carbons (Fsp3) is 0.412. The first kappa shape index (κ1) is 26.1. The van der Waals surface area contributed by atoms with Crippen LogP contribution in [-0.4, -0.2) is 55.6 Å². The molecule has 2 fully saturated rings. The molecule has 3 aliphatic heterocycles. The minimum Gasteiger partial charge on any atom is -0.478 e. The highest BCUT2D eigenvalue weighted by Crippen LogP contribution is 2.44. The Hall–Kier alpha value is -3.18. The van der Waals surface area contributed by atoms with Gasteiger partial charge in [0.1, 0.15) is 21.2 Å². The van der Waals surface area contributed by atoms with Gasteiger partial charge in [-0.05, 0) is 86.8 Å². The highest BCUT2D eigenvalue weighted by atomic mass is 28.3. The Morgan fingerprint density at radius 1 is 0.923 bits per heavy atom. The fourth-order valence-electron chi connectivity index (χ4n) is 6.86. The Kier molecular flexibility index (Phi) is 6.33. The van der Waals surface area contributed by atoms with Gasteiger partial charge in [0.05, 0.1) is 5.56 Å². The average Bonchev–Trinajstić information content (AvgIpc) is 3.63. The van der Waals surface area contributed by atoms with E-state index in [0.29, 0.717) is 5.56 Å². The number of carboxylic acids is 1. The summed E-state index contributed by atoms with van der Waals surface area (Å²) in [7, 11) is -2.09. The van der Waals surface area contributed by atoms with Crippen molar-refractivity contribution in [3.8, 4) is 0 Å². The number of hydrogen-bond acceptors (Lipinski definition) is 2. The number of anilines is 1. The van der Waals surface area contributed by atoms with E-state index in [1.54, 1.807) is 0 Å². The number of benzene rings is 2. The van der Waals surface area contributed by atoms with Gasteiger partial charge in [0, 0.05) is 43.8 Å². The molecule has 0 spiro atoms. The fourth-order valence-corrected chi connectivity index (χ4v) is 9.93. The summed E-state index contributed by atoms with van der Waals surface area (Å²) in [5, 5.41) is 13.2. The maximum absolute atomic E-state index is 12.6. The standard InChI is InChI=1S/C34H40N2O2Si/c1-34(2,3)23-10-13-26(33(37)38)29(20-23)32-27-14-11-24(35-16-6-7-17-35)21-30(27)39(4,5)31-22-25(12-15-28(31)32)36-18-8-9-19-36/h10-15,20-22H,6-9,16-19H2,1-5H3/p+1. The lowest BCUT2D eigenvalue weighted by atomic mass is 9.81. The summed E-state index contributed by atoms with van der Waals surface area (Å²) in [6, 6.07) is 13.0. The highest BCUT2D eigenvalue weighted by molar-refractivity contribution is 6.98. The monoisotopic (exact) mass is 537 g/mol. The molecule has 0 amide bonds. The second kappa shape index (κ2) is 9.48. The van der Waals surface area contributed by atoms with Gasteiger partial charge in [0.15, 0.2) is 5.71 Å². The van der Waals surface area contributed by atoms with Crippen molar-refractivity contribution in [2.45, 2.75) is 65.0 Å². The molecule has 2 saturated heterocycles. The van der Waals surface area contributed by atoms with E-state index in [2.05, 4.69) is 85.8 Å². The van der Waals surface area contributed by atoms with Gasteiger partial charge < -0.3 is 10.0 Å². The molecular weight excluding hydrogens is 496 g/mol. The van der Waals surface area contributed by atoms with E-state index in [9.17, 15) is 9.90 Å². The van der Waals surface area contributed by atoms with Gasteiger partial charge in [-0.3, -0.25) is 0 Å². The molecule has 5 heteroatoms. The molecule has 0 aromatic heterocycles. The van der Waals surface area contributed by atoms with Crippen molar-refractivity contribution in [2.24, 2.45) is 0 Å². The second-order valence-electron chi connectivity index (χ2n) is 13.2. The van der Waals surface area contributed by atoms with Crippen molar-refractivity contribution in [3.05, 3.63) is 87.6 Å². The smallest absolute Gasteiger partial charge is 0.336 e. The topological polar surface area (TPSA) is 43.5 Å². The van der Waals surface area contributed by atoms with Gasteiger partial charge in [0.2, 0.25) is 0 Å². The lowest BCUT2D eigenvalue weighted by molar-refractivity contribution is -0.504. The molecular formula is C34H41N2O2Si+. The number of aromatic carboxylic acids is 1. The molecule has 3 heterocycles. The van der Waals surface area contributed by atoms with Gasteiger partial charge in [-0.15, -0.1) is 0 Å². The van der Waals surface area contributed by atoms with Crippen molar-refractivity contribution >= 4 is 36.2 Å². The van der Waals surface area contributed by atoms with Crippen LogP contribution in [0.5, 0.6) is 0 Å². The number of hydrogen-bond donors (Lipinski definition) is 1. The maximum atomic E-state index is 12.6. The number of nitrogens with zero attached hydrogens (tertiary/aromatic N) is 2. The summed E-state index contributed by atoms with van der Waals surface area (Å²) >= 11 is 0. The van der Waals surface area contributed by atoms with Gasteiger partial charge >= 0.3 is 5.97 Å². The molecule has 0 radical (unpaired) electrons. The third-order valence-electron chi connectivity index (χ3n) is 9.22. The molecule has 0 saturated carbocycles. The Labute approximate surface area is 234 Å². The van der Waals surface area contributed by atoms with Crippen LogP contribution in [0, 0.1) is 0 Å². The minimum absolute atomic E-state index is 0.0834. The van der Waals surface area contributed by atoms with E-state index in [1.807, 2.05) is 12.1 Å². The van der Waals surface area contributed by atoms with Crippen LogP contribution in [0.15, 0.2) is 65.4 Å². The largest absolute Gasteiger partial charge is 0.478 e. The van der Waals surface area contributed by atoms with Gasteiger partial charge in [-0.2, -0.15) is 0 Å². The van der Waals surface area contributed by atoms with Crippen molar-refractivity contribution in [1.29, 1.82) is 0 Å². The van der Waals surface area contributed by atoms with Crippen LogP contribution in [0.3, 0.4) is 0 Å². The Bertz CT molecular complexity index is 1490. The van der Waals surface area contributed by atoms with E-state index in [-0.39, 0.29) is 5.41 Å². The lowest BCUT2D eigenvalue weighted by Crippen LogP contribution is -2.50. The van der Waals surface area contributed by atoms with E-state index in [4.69, 9.17) is 0 Å². The summed E-state index contributed by atoms with van der Waals surface area (Å²) < 4.78 is 2.52. The van der Waals surface area contributed by atoms with Crippen molar-refractivity contribution in [3.63, 3.8) is 0 Å². The lowest BCUT2D eigenvalue weighted by Gasteiger charge is -2.38. The summed E-state index contributed by atoms with van der Waals surface area (Å²) in [6.45, 7) is 16.0. The molecule has 2 aromatic rings. The van der Waals surface area contributed by atoms with E-state index < -0.39 is 14.0 Å². The van der Waals surface area contributed by atoms with Crippen LogP contribution in [0.25, 0.3) is 5.57 Å². The third-order valence-corrected chi connectivity index (χ3v) is 12.7. The van der Waals surface area contributed by atoms with Crippen LogP contribution >= 0.6 is 0 Å². The minimum atomic E-state index is -2.09. The molecule has 202 valence electrons. The SMILES string of the molecule is CC(C)(C)c1ccc(C(=O)O)c(C2=C3C=CC(=[N+]4CCCC4)C=C3[Si](C)(C)c3cc(N4CCCC4)ccc32)c1. The number of carbonyl (C=O) groups is 1. The number of allylic oxidation sites excluding steroid dienone is 5. The molecule has 39 heavy (non-hydrogen) atoms. The zero-order valence-electron chi connectivity index (χ0n) is 24.1. The average molecular weight is 538 g/mol. The molecule has 4 aliphatic rings. The Balaban J connectivity index is 1.66. The molecule has 0 atom stereocenters. The first-order valence-corrected chi connectivity index (χ1v) is 17.6. The Morgan fingerprint density at radius 2 is 1.64 bits per heavy atom. The first-order valence-electron chi connectivity index (χ1n) is 14.6. The van der Waals surface area contributed by atoms with E-state index in [0.717, 1.165) is 42.9 Å². The van der Waals surface area contributed by atoms with E-state index >= 15 is 0 Å². The number of carboxylic acid groups (broad SMARTS) is 1. The predicted octanol–water partition coefficient (Wildman–Crippen LogP) is 6.30. The zero-order valence-corrected chi connectivity index (χ0v) is 25.1. The van der Waals surface area contributed by atoms with Crippen molar-refractivity contribution < 1.29 is 14.5 Å². The highest BCUT2D eigenvalue weighted by Gasteiger charge is 2.41. The maximum Gasteiger partial charge on any atom is 0.336 e. The molecule has 0 bridgehead atoms. The number of rotatable bonds is 3. The van der Waals surface area contributed by atoms with Gasteiger partial charge in [-0.25, -0.2) is 9.37 Å². The number of fused-ring (bicyclic) bond motifs is 2. The summed E-state index contributed by atoms with van der Waals surface area (Å²) in [6.07, 6.45) is 12.0. The quantitative estimate of drug-likeness (QED) is 0.369. The van der Waals surface area contributed by atoms with Crippen LogP contribution in [0.4, 0.5) is 5.69 Å². The summed E-state index contributed by atoms with van der Waals surface area (Å²) in [4.78, 5) is 15.1. The molecule has 1 aliphatic carbocycles. The second-order valence-corrected chi connectivity index (χ2v) is 17.5. The predicted molar refractivity (Wildman–Crippen MR) is 165 cm³/mol. The van der Waals surface area contributed by atoms with Crippen LogP contribution in [-0.2, 0) is 5.41 Å². The summed E-state index contributed by atoms with van der Waals surface area (Å²) in [5.41, 5.74) is 8.42. The normalized spacial score (nSPS) is 20.3. The first-order chi connectivity index (χ1) is 18.6. The molecule has 2 aromatic carbocycles. The molecule has 6 rings (SSSR count). The van der Waals surface area contributed by atoms with Crippen LogP contribution < -0.4 is 10.1 Å². The van der Waals surface area contributed by atoms with Crippen molar-refractivity contribution in [2.75, 3.05) is 31.1 Å². The van der Waals surface area contributed by atoms with Crippen LogP contribution in [0.2, 0.25) is 13.1 Å². The summed E-state index contributed by atoms with van der Waals surface area (Å²) in [5.74, 6) is -0.870. The third kappa shape index (κ3) is 4.45. The van der Waals surface area contributed by atoms with Gasteiger partial charge in [-0.1, -0.05) is 46.0 Å². The zero-order chi connectivity index (χ0) is 27.5. The van der Waals surface area contributed by atoms with Gasteiger partial charge in [0.25, 0.3) is 0 Å². The van der Waals surface area contributed by atoms with Crippen LogP contribution in [0.1, 0.15) is 73.5 Å². The molecule has 4 nitrogen and oxygen atoms in total.